The number of rotatable bonds is 2. The van der Waals surface area contributed by atoms with E-state index in [2.05, 4.69) is 5.32 Å². The Labute approximate surface area is 102 Å². The summed E-state index contributed by atoms with van der Waals surface area (Å²) in [7, 11) is 1.38. The van der Waals surface area contributed by atoms with Crippen molar-refractivity contribution in [3.8, 4) is 16.9 Å². The maximum atomic E-state index is 13.8. The first-order valence-electron chi connectivity index (χ1n) is 5.19. The quantitative estimate of drug-likeness (QED) is 0.802. The van der Waals surface area contributed by atoms with Gasteiger partial charge in [0.25, 0.3) is 0 Å². The van der Waals surface area contributed by atoms with E-state index in [0.29, 0.717) is 11.6 Å². The first-order chi connectivity index (χ1) is 8.54. The summed E-state index contributed by atoms with van der Waals surface area (Å²) in [5.74, 6) is -3.25. The molecule has 94 valence electrons. The van der Waals surface area contributed by atoms with Crippen LogP contribution in [0.4, 0.5) is 18.9 Å². The van der Waals surface area contributed by atoms with Crippen LogP contribution in [0.1, 0.15) is 0 Å². The SMILES string of the molecule is CNc1c(F)c(F)cc(F)c1-c1ccc(O)cc1. The Morgan fingerprint density at radius 3 is 2.17 bits per heavy atom. The van der Waals surface area contributed by atoms with E-state index in [-0.39, 0.29) is 17.0 Å². The van der Waals surface area contributed by atoms with Gasteiger partial charge in [0.05, 0.1) is 5.69 Å². The topological polar surface area (TPSA) is 32.3 Å². The standard InChI is InChI=1S/C13H10F3NO/c1-17-13-11(7-2-4-8(18)5-3-7)9(14)6-10(15)12(13)16/h2-6,17-18H,1H3. The van der Waals surface area contributed by atoms with E-state index < -0.39 is 17.5 Å². The van der Waals surface area contributed by atoms with Crippen LogP contribution in [0, 0.1) is 17.5 Å². The molecule has 0 radical (unpaired) electrons. The number of aromatic hydroxyl groups is 1. The van der Waals surface area contributed by atoms with E-state index in [1.807, 2.05) is 0 Å². The fraction of sp³-hybridized carbons (Fsp3) is 0.0769. The van der Waals surface area contributed by atoms with Gasteiger partial charge in [0.15, 0.2) is 11.6 Å². The van der Waals surface area contributed by atoms with E-state index in [1.165, 1.54) is 31.3 Å². The lowest BCUT2D eigenvalue weighted by Gasteiger charge is -2.12. The fourth-order valence-electron chi connectivity index (χ4n) is 1.74. The molecule has 0 atom stereocenters. The van der Waals surface area contributed by atoms with E-state index in [1.54, 1.807) is 0 Å². The number of hydrogen-bond acceptors (Lipinski definition) is 2. The molecule has 0 heterocycles. The Morgan fingerprint density at radius 1 is 1.00 bits per heavy atom. The monoisotopic (exact) mass is 253 g/mol. The minimum absolute atomic E-state index is 0.00718. The second-order valence-corrected chi connectivity index (χ2v) is 3.70. The smallest absolute Gasteiger partial charge is 0.182 e. The summed E-state index contributed by atoms with van der Waals surface area (Å²) in [6, 6.07) is 6.03. The van der Waals surface area contributed by atoms with Crippen molar-refractivity contribution >= 4 is 5.69 Å². The third-order valence-corrected chi connectivity index (χ3v) is 2.58. The van der Waals surface area contributed by atoms with Crippen LogP contribution in [0.3, 0.4) is 0 Å². The van der Waals surface area contributed by atoms with Gasteiger partial charge in [0.2, 0.25) is 0 Å². The van der Waals surface area contributed by atoms with Crippen LogP contribution in [-0.4, -0.2) is 12.2 Å². The van der Waals surface area contributed by atoms with Gasteiger partial charge in [0, 0.05) is 18.7 Å². The predicted molar refractivity (Wildman–Crippen MR) is 63.0 cm³/mol. The van der Waals surface area contributed by atoms with Gasteiger partial charge in [-0.15, -0.1) is 0 Å². The lowest BCUT2D eigenvalue weighted by Crippen LogP contribution is -2.01. The molecule has 0 spiro atoms. The minimum Gasteiger partial charge on any atom is -0.508 e. The van der Waals surface area contributed by atoms with Gasteiger partial charge >= 0.3 is 0 Å². The van der Waals surface area contributed by atoms with Gasteiger partial charge in [-0.25, -0.2) is 13.2 Å². The van der Waals surface area contributed by atoms with Crippen LogP contribution in [0.25, 0.3) is 11.1 Å². The molecule has 0 saturated heterocycles. The van der Waals surface area contributed by atoms with Crippen molar-refractivity contribution in [3.63, 3.8) is 0 Å². The third kappa shape index (κ3) is 1.99. The highest BCUT2D eigenvalue weighted by Crippen LogP contribution is 2.34. The Kier molecular flexibility index (Phi) is 3.14. The predicted octanol–water partition coefficient (Wildman–Crippen LogP) is 3.52. The molecular formula is C13H10F3NO. The molecule has 0 saturated carbocycles. The molecule has 0 amide bonds. The number of phenolic OH excluding ortho intramolecular Hbond substituents is 1. The minimum atomic E-state index is -1.25. The Morgan fingerprint density at radius 2 is 1.61 bits per heavy atom. The van der Waals surface area contributed by atoms with Gasteiger partial charge in [-0.05, 0) is 17.7 Å². The highest BCUT2D eigenvalue weighted by Gasteiger charge is 2.19. The van der Waals surface area contributed by atoms with Crippen LogP contribution in [0.5, 0.6) is 5.75 Å². The van der Waals surface area contributed by atoms with Crippen LogP contribution in [0.2, 0.25) is 0 Å². The van der Waals surface area contributed by atoms with Crippen molar-refractivity contribution in [1.29, 1.82) is 0 Å². The maximum Gasteiger partial charge on any atom is 0.182 e. The Bertz CT molecular complexity index is 582. The molecule has 0 aliphatic heterocycles. The van der Waals surface area contributed by atoms with Gasteiger partial charge in [-0.1, -0.05) is 12.1 Å². The zero-order chi connectivity index (χ0) is 13.3. The second kappa shape index (κ2) is 4.60. The molecule has 2 aromatic carbocycles. The average Bonchev–Trinajstić information content (AvgIpc) is 2.35. The van der Waals surface area contributed by atoms with Gasteiger partial charge in [-0.2, -0.15) is 0 Å². The molecule has 2 nitrogen and oxygen atoms in total. The summed E-state index contributed by atoms with van der Waals surface area (Å²) in [6.45, 7) is 0. The number of benzene rings is 2. The van der Waals surface area contributed by atoms with Gasteiger partial charge in [-0.3, -0.25) is 0 Å². The van der Waals surface area contributed by atoms with Crippen LogP contribution in [-0.2, 0) is 0 Å². The first kappa shape index (κ1) is 12.3. The third-order valence-electron chi connectivity index (χ3n) is 2.58. The largest absolute Gasteiger partial charge is 0.508 e. The summed E-state index contributed by atoms with van der Waals surface area (Å²) in [6.07, 6.45) is 0. The number of nitrogens with one attached hydrogen (secondary N) is 1. The van der Waals surface area contributed by atoms with Crippen molar-refractivity contribution in [2.75, 3.05) is 12.4 Å². The van der Waals surface area contributed by atoms with E-state index in [9.17, 15) is 13.2 Å². The maximum absolute atomic E-state index is 13.8. The Balaban J connectivity index is 2.70. The molecule has 0 aliphatic rings. The van der Waals surface area contributed by atoms with E-state index >= 15 is 0 Å². The Hall–Kier alpha value is -2.17. The number of halogens is 3. The number of hydrogen-bond donors (Lipinski definition) is 2. The fourth-order valence-corrected chi connectivity index (χ4v) is 1.74. The van der Waals surface area contributed by atoms with Crippen molar-refractivity contribution in [2.45, 2.75) is 0 Å². The summed E-state index contributed by atoms with van der Waals surface area (Å²) in [5, 5.41) is 11.6. The number of anilines is 1. The molecule has 0 bridgehead atoms. The molecular weight excluding hydrogens is 243 g/mol. The van der Waals surface area contributed by atoms with Crippen molar-refractivity contribution in [1.82, 2.24) is 0 Å². The molecule has 2 rings (SSSR count). The van der Waals surface area contributed by atoms with Crippen LogP contribution in [0.15, 0.2) is 30.3 Å². The van der Waals surface area contributed by atoms with Crippen molar-refractivity contribution < 1.29 is 18.3 Å². The lowest BCUT2D eigenvalue weighted by molar-refractivity contribution is 0.475. The summed E-state index contributed by atoms with van der Waals surface area (Å²) < 4.78 is 40.4. The highest BCUT2D eigenvalue weighted by molar-refractivity contribution is 5.79. The first-order valence-corrected chi connectivity index (χ1v) is 5.19. The summed E-state index contributed by atoms with van der Waals surface area (Å²) >= 11 is 0. The number of phenols is 1. The average molecular weight is 253 g/mol. The normalized spacial score (nSPS) is 10.4. The second-order valence-electron chi connectivity index (χ2n) is 3.70. The van der Waals surface area contributed by atoms with Gasteiger partial charge < -0.3 is 10.4 Å². The molecule has 0 aliphatic carbocycles. The lowest BCUT2D eigenvalue weighted by atomic mass is 10.0. The zero-order valence-electron chi connectivity index (χ0n) is 9.47. The zero-order valence-corrected chi connectivity index (χ0v) is 9.47. The molecule has 0 aromatic heterocycles. The van der Waals surface area contributed by atoms with Crippen molar-refractivity contribution in [2.24, 2.45) is 0 Å². The van der Waals surface area contributed by atoms with E-state index in [4.69, 9.17) is 5.11 Å². The van der Waals surface area contributed by atoms with Crippen molar-refractivity contribution in [3.05, 3.63) is 47.8 Å². The molecule has 0 fully saturated rings. The molecule has 2 N–H and O–H groups in total. The van der Waals surface area contributed by atoms with E-state index in [0.717, 1.165) is 0 Å². The molecule has 18 heavy (non-hydrogen) atoms. The molecule has 0 unspecified atom stereocenters. The summed E-state index contributed by atoms with van der Waals surface area (Å²) in [4.78, 5) is 0. The molecule has 2 aromatic rings. The highest BCUT2D eigenvalue weighted by atomic mass is 19.2. The summed E-state index contributed by atoms with van der Waals surface area (Å²) in [5.41, 5.74) is 0.0168. The van der Waals surface area contributed by atoms with Gasteiger partial charge in [0.1, 0.15) is 11.6 Å². The van der Waals surface area contributed by atoms with Crippen LogP contribution >= 0.6 is 0 Å². The molecule has 5 heteroatoms. The van der Waals surface area contributed by atoms with Crippen LogP contribution < -0.4 is 5.32 Å².